The first-order valence-electron chi connectivity index (χ1n) is 7.20. The summed E-state index contributed by atoms with van der Waals surface area (Å²) < 4.78 is 0. The zero-order chi connectivity index (χ0) is 16.8. The molecular formula is C18H18N2O3. The van der Waals surface area contributed by atoms with Crippen molar-refractivity contribution in [3.05, 3.63) is 60.2 Å². The minimum atomic E-state index is -0.390. The van der Waals surface area contributed by atoms with E-state index in [2.05, 4.69) is 5.32 Å². The van der Waals surface area contributed by atoms with Crippen LogP contribution < -0.4 is 10.2 Å². The van der Waals surface area contributed by atoms with Crippen molar-refractivity contribution in [1.82, 2.24) is 0 Å². The number of para-hydroxylation sites is 1. The highest BCUT2D eigenvalue weighted by molar-refractivity contribution is 6.07. The molecule has 0 atom stereocenters. The van der Waals surface area contributed by atoms with Crippen LogP contribution in [0.25, 0.3) is 0 Å². The Hall–Kier alpha value is -2.95. The molecule has 0 bridgehead atoms. The fourth-order valence-corrected chi connectivity index (χ4v) is 2.12. The molecule has 0 saturated heterocycles. The summed E-state index contributed by atoms with van der Waals surface area (Å²) in [6.07, 6.45) is -0.178. The van der Waals surface area contributed by atoms with E-state index >= 15 is 0 Å². The molecule has 0 radical (unpaired) electrons. The van der Waals surface area contributed by atoms with Crippen LogP contribution in [0, 0.1) is 0 Å². The third kappa shape index (κ3) is 4.51. The molecule has 0 aliphatic heterocycles. The van der Waals surface area contributed by atoms with Crippen molar-refractivity contribution >= 4 is 29.0 Å². The van der Waals surface area contributed by atoms with Crippen molar-refractivity contribution in [2.24, 2.45) is 0 Å². The zero-order valence-corrected chi connectivity index (χ0v) is 13.1. The number of nitrogens with one attached hydrogen (secondary N) is 1. The number of rotatable bonds is 5. The Morgan fingerprint density at radius 3 is 2.35 bits per heavy atom. The average molecular weight is 310 g/mol. The molecule has 0 aliphatic carbocycles. The molecule has 0 saturated carbocycles. The Morgan fingerprint density at radius 1 is 1.00 bits per heavy atom. The summed E-state index contributed by atoms with van der Waals surface area (Å²) in [7, 11) is 1.69. The predicted octanol–water partition coefficient (Wildman–Crippen LogP) is 2.88. The highest BCUT2D eigenvalue weighted by atomic mass is 16.2. The van der Waals surface area contributed by atoms with E-state index in [1.54, 1.807) is 31.3 Å². The lowest BCUT2D eigenvalue weighted by atomic mass is 10.1. The minimum absolute atomic E-state index is 0.178. The van der Waals surface area contributed by atoms with Gasteiger partial charge in [-0.25, -0.2) is 0 Å². The largest absolute Gasteiger partial charge is 0.326 e. The van der Waals surface area contributed by atoms with Gasteiger partial charge in [0.15, 0.2) is 0 Å². The van der Waals surface area contributed by atoms with E-state index in [1.807, 2.05) is 30.3 Å². The summed E-state index contributed by atoms with van der Waals surface area (Å²) in [6.45, 7) is 1.36. The molecule has 0 aromatic heterocycles. The molecule has 0 spiro atoms. The van der Waals surface area contributed by atoms with Gasteiger partial charge >= 0.3 is 0 Å². The molecule has 5 nitrogen and oxygen atoms in total. The van der Waals surface area contributed by atoms with Crippen molar-refractivity contribution in [2.75, 3.05) is 17.3 Å². The molecule has 2 aromatic rings. The number of nitrogens with zero attached hydrogens (tertiary/aromatic N) is 1. The van der Waals surface area contributed by atoms with E-state index in [0.29, 0.717) is 11.3 Å². The first-order valence-corrected chi connectivity index (χ1v) is 7.20. The second-order valence-electron chi connectivity index (χ2n) is 5.21. The van der Waals surface area contributed by atoms with Crippen molar-refractivity contribution < 1.29 is 14.4 Å². The minimum Gasteiger partial charge on any atom is -0.326 e. The SMILES string of the molecule is CC(=O)CC(=O)Nc1cccc(C(=O)N(C)c2ccccc2)c1. The third-order valence-electron chi connectivity index (χ3n) is 3.25. The van der Waals surface area contributed by atoms with E-state index < -0.39 is 5.91 Å². The summed E-state index contributed by atoms with van der Waals surface area (Å²) in [5.74, 6) is -0.782. The highest BCUT2D eigenvalue weighted by Crippen LogP contribution is 2.17. The van der Waals surface area contributed by atoms with Gasteiger partial charge in [0.2, 0.25) is 5.91 Å². The van der Waals surface area contributed by atoms with Gasteiger partial charge in [-0.3, -0.25) is 14.4 Å². The summed E-state index contributed by atoms with van der Waals surface area (Å²) >= 11 is 0. The van der Waals surface area contributed by atoms with E-state index in [-0.39, 0.29) is 18.1 Å². The molecule has 0 aliphatic rings. The molecule has 118 valence electrons. The Bertz CT molecular complexity index is 726. The lowest BCUT2D eigenvalue weighted by molar-refractivity contribution is -0.124. The van der Waals surface area contributed by atoms with Gasteiger partial charge in [-0.2, -0.15) is 0 Å². The predicted molar refractivity (Wildman–Crippen MR) is 89.5 cm³/mol. The molecule has 0 unspecified atom stereocenters. The van der Waals surface area contributed by atoms with Crippen molar-refractivity contribution in [3.63, 3.8) is 0 Å². The van der Waals surface area contributed by atoms with Gasteiger partial charge in [0.25, 0.3) is 5.91 Å². The maximum Gasteiger partial charge on any atom is 0.258 e. The third-order valence-corrected chi connectivity index (χ3v) is 3.25. The zero-order valence-electron chi connectivity index (χ0n) is 13.1. The topological polar surface area (TPSA) is 66.5 Å². The van der Waals surface area contributed by atoms with Gasteiger partial charge in [0.1, 0.15) is 5.78 Å². The Balaban J connectivity index is 2.14. The second kappa shape index (κ2) is 7.35. The van der Waals surface area contributed by atoms with E-state index in [1.165, 1.54) is 11.8 Å². The normalized spacial score (nSPS) is 10.0. The van der Waals surface area contributed by atoms with Crippen LogP contribution in [0.15, 0.2) is 54.6 Å². The quantitative estimate of drug-likeness (QED) is 0.864. The number of Topliss-reactive ketones (excluding diaryl/α,β-unsaturated/α-hetero) is 1. The number of carbonyl (C=O) groups excluding carboxylic acids is 3. The molecule has 2 aromatic carbocycles. The average Bonchev–Trinajstić information content (AvgIpc) is 2.53. The lowest BCUT2D eigenvalue weighted by Gasteiger charge is -2.17. The number of amides is 2. The van der Waals surface area contributed by atoms with Crippen molar-refractivity contribution in [3.8, 4) is 0 Å². The number of ketones is 1. The standard InChI is InChI=1S/C18H18N2O3/c1-13(21)11-17(22)19-15-8-6-7-14(12-15)18(23)20(2)16-9-4-3-5-10-16/h3-10,12H,11H2,1-2H3,(H,19,22). The van der Waals surface area contributed by atoms with Gasteiger partial charge in [-0.05, 0) is 37.3 Å². The summed E-state index contributed by atoms with van der Waals surface area (Å²) in [6, 6.07) is 15.9. The number of benzene rings is 2. The second-order valence-corrected chi connectivity index (χ2v) is 5.21. The van der Waals surface area contributed by atoms with Crippen LogP contribution >= 0.6 is 0 Å². The van der Waals surface area contributed by atoms with Crippen molar-refractivity contribution in [1.29, 1.82) is 0 Å². The molecule has 0 fully saturated rings. The smallest absolute Gasteiger partial charge is 0.258 e. The molecule has 2 rings (SSSR count). The molecule has 5 heteroatoms. The Labute approximate surface area is 134 Å². The fraction of sp³-hybridized carbons (Fsp3) is 0.167. The van der Waals surface area contributed by atoms with Crippen molar-refractivity contribution in [2.45, 2.75) is 13.3 Å². The maximum absolute atomic E-state index is 12.5. The number of anilines is 2. The lowest BCUT2D eigenvalue weighted by Crippen LogP contribution is -2.26. The van der Waals surface area contributed by atoms with Crippen LogP contribution in [0.2, 0.25) is 0 Å². The first kappa shape index (κ1) is 16.4. The number of carbonyl (C=O) groups is 3. The number of hydrogen-bond acceptors (Lipinski definition) is 3. The monoisotopic (exact) mass is 310 g/mol. The first-order chi connectivity index (χ1) is 11.0. The van der Waals surface area contributed by atoms with E-state index in [4.69, 9.17) is 0 Å². The van der Waals surface area contributed by atoms with Crippen LogP contribution in [0.3, 0.4) is 0 Å². The fourth-order valence-electron chi connectivity index (χ4n) is 2.12. The van der Waals surface area contributed by atoms with Crippen LogP contribution in [-0.4, -0.2) is 24.6 Å². The van der Waals surface area contributed by atoms with Crippen LogP contribution in [-0.2, 0) is 9.59 Å². The highest BCUT2D eigenvalue weighted by Gasteiger charge is 2.14. The van der Waals surface area contributed by atoms with Crippen LogP contribution in [0.4, 0.5) is 11.4 Å². The van der Waals surface area contributed by atoms with Crippen LogP contribution in [0.1, 0.15) is 23.7 Å². The summed E-state index contributed by atoms with van der Waals surface area (Å²) in [5, 5.41) is 2.62. The molecular weight excluding hydrogens is 292 g/mol. The summed E-state index contributed by atoms with van der Waals surface area (Å²) in [5.41, 5.74) is 1.73. The molecule has 23 heavy (non-hydrogen) atoms. The Kier molecular flexibility index (Phi) is 5.25. The van der Waals surface area contributed by atoms with Gasteiger partial charge in [-0.15, -0.1) is 0 Å². The molecule has 0 heterocycles. The number of hydrogen-bond donors (Lipinski definition) is 1. The van der Waals surface area contributed by atoms with Gasteiger partial charge < -0.3 is 10.2 Å². The maximum atomic E-state index is 12.5. The molecule has 1 N–H and O–H groups in total. The van der Waals surface area contributed by atoms with Gasteiger partial charge in [-0.1, -0.05) is 24.3 Å². The molecule has 2 amide bonds. The van der Waals surface area contributed by atoms with Gasteiger partial charge in [0, 0.05) is 24.0 Å². The van der Waals surface area contributed by atoms with Gasteiger partial charge in [0.05, 0.1) is 6.42 Å². The van der Waals surface area contributed by atoms with Crippen LogP contribution in [0.5, 0.6) is 0 Å². The van der Waals surface area contributed by atoms with E-state index in [9.17, 15) is 14.4 Å². The Morgan fingerprint density at radius 2 is 1.70 bits per heavy atom. The van der Waals surface area contributed by atoms with E-state index in [0.717, 1.165) is 5.69 Å². The summed E-state index contributed by atoms with van der Waals surface area (Å²) in [4.78, 5) is 36.6.